The smallest absolute Gasteiger partial charge is 0.412 e. The van der Waals surface area contributed by atoms with Crippen LogP contribution in [-0.4, -0.2) is 22.8 Å². The third-order valence-electron chi connectivity index (χ3n) is 4.00. The maximum absolute atomic E-state index is 13.7. The zero-order valence-electron chi connectivity index (χ0n) is 13.6. The number of carbonyl (C=O) groups is 2. The summed E-state index contributed by atoms with van der Waals surface area (Å²) in [5.74, 6) is -1.52. The topological polar surface area (TPSA) is 75.6 Å². The van der Waals surface area contributed by atoms with E-state index in [2.05, 4.69) is 5.32 Å². The maximum Gasteiger partial charge on any atom is 0.412 e. The molecule has 23 heavy (non-hydrogen) atoms. The highest BCUT2D eigenvalue weighted by Gasteiger charge is 2.44. The van der Waals surface area contributed by atoms with Crippen molar-refractivity contribution in [3.05, 3.63) is 29.6 Å². The fraction of sp³-hybridized carbons (Fsp3) is 0.529. The van der Waals surface area contributed by atoms with Gasteiger partial charge in [-0.05, 0) is 57.4 Å². The van der Waals surface area contributed by atoms with Crippen molar-refractivity contribution >= 4 is 17.7 Å². The van der Waals surface area contributed by atoms with Crippen molar-refractivity contribution in [1.82, 2.24) is 0 Å². The van der Waals surface area contributed by atoms with E-state index in [4.69, 9.17) is 4.74 Å². The number of benzene rings is 1. The highest BCUT2D eigenvalue weighted by atomic mass is 19.1. The molecular weight excluding hydrogens is 301 g/mol. The summed E-state index contributed by atoms with van der Waals surface area (Å²) in [6.07, 6.45) is 1.68. The number of nitrogens with one attached hydrogen (secondary N) is 1. The predicted octanol–water partition coefficient (Wildman–Crippen LogP) is 4.07. The van der Waals surface area contributed by atoms with Crippen LogP contribution in [0, 0.1) is 5.82 Å². The quantitative estimate of drug-likeness (QED) is 0.879. The molecule has 0 unspecified atom stereocenters. The molecule has 1 aromatic carbocycles. The van der Waals surface area contributed by atoms with Gasteiger partial charge in [-0.15, -0.1) is 0 Å². The zero-order chi connectivity index (χ0) is 17.3. The average Bonchev–Trinajstić information content (AvgIpc) is 2.89. The molecule has 1 aromatic rings. The van der Waals surface area contributed by atoms with Gasteiger partial charge in [0, 0.05) is 5.69 Å². The van der Waals surface area contributed by atoms with Crippen LogP contribution in [-0.2, 0) is 14.9 Å². The fourth-order valence-corrected chi connectivity index (χ4v) is 3.01. The summed E-state index contributed by atoms with van der Waals surface area (Å²) in [4.78, 5) is 23.8. The minimum atomic E-state index is -1.16. The molecule has 2 rings (SSSR count). The molecule has 0 heterocycles. The third kappa shape index (κ3) is 3.81. The van der Waals surface area contributed by atoms with Crippen LogP contribution in [0.15, 0.2) is 18.2 Å². The number of rotatable bonds is 3. The summed E-state index contributed by atoms with van der Waals surface area (Å²) in [5.41, 5.74) is -1.26. The number of hydrogen-bond donors (Lipinski definition) is 2. The molecule has 2 N–H and O–H groups in total. The van der Waals surface area contributed by atoms with Gasteiger partial charge in [-0.2, -0.15) is 0 Å². The first-order valence-corrected chi connectivity index (χ1v) is 7.67. The average molecular weight is 323 g/mol. The van der Waals surface area contributed by atoms with Crippen molar-refractivity contribution in [3.8, 4) is 0 Å². The molecule has 1 amide bonds. The van der Waals surface area contributed by atoms with Crippen LogP contribution in [0.5, 0.6) is 0 Å². The summed E-state index contributed by atoms with van der Waals surface area (Å²) in [6, 6.07) is 3.78. The van der Waals surface area contributed by atoms with Gasteiger partial charge in [-0.25, -0.2) is 9.18 Å². The van der Waals surface area contributed by atoms with Crippen molar-refractivity contribution in [3.63, 3.8) is 0 Å². The van der Waals surface area contributed by atoms with Crippen LogP contribution in [0.1, 0.15) is 52.0 Å². The van der Waals surface area contributed by atoms with Gasteiger partial charge >= 0.3 is 12.1 Å². The molecule has 1 aliphatic carbocycles. The highest BCUT2D eigenvalue weighted by molar-refractivity contribution is 5.90. The van der Waals surface area contributed by atoms with Gasteiger partial charge in [-0.1, -0.05) is 12.8 Å². The molecule has 5 nitrogen and oxygen atoms in total. The van der Waals surface area contributed by atoms with E-state index in [0.717, 1.165) is 12.8 Å². The van der Waals surface area contributed by atoms with Crippen LogP contribution < -0.4 is 5.32 Å². The number of ether oxygens (including phenoxy) is 1. The van der Waals surface area contributed by atoms with E-state index in [1.165, 1.54) is 18.2 Å². The SMILES string of the molecule is CC(C)(C)OC(=O)Nc1ccc(F)cc1C1(C(=O)O)CCCC1. The second-order valence-corrected chi connectivity index (χ2v) is 6.91. The number of amides is 1. The number of anilines is 1. The van der Waals surface area contributed by atoms with E-state index in [0.29, 0.717) is 18.4 Å². The molecule has 0 aliphatic heterocycles. The molecular formula is C17H22FNO4. The molecule has 0 saturated heterocycles. The summed E-state index contributed by atoms with van der Waals surface area (Å²) in [5, 5.41) is 12.2. The Bertz CT molecular complexity index is 616. The summed E-state index contributed by atoms with van der Waals surface area (Å²) < 4.78 is 18.9. The number of carbonyl (C=O) groups excluding carboxylic acids is 1. The van der Waals surface area contributed by atoms with Gasteiger partial charge in [0.2, 0.25) is 0 Å². The Balaban J connectivity index is 2.38. The standard InChI is InChI=1S/C17H22FNO4/c1-16(2,3)23-15(22)19-13-7-6-11(18)10-12(13)17(14(20)21)8-4-5-9-17/h6-7,10H,4-5,8-9H2,1-3H3,(H,19,22)(H,20,21). The molecule has 0 aromatic heterocycles. The van der Waals surface area contributed by atoms with Crippen LogP contribution in [0.4, 0.5) is 14.9 Å². The summed E-state index contributed by atoms with van der Waals surface area (Å²) in [6.45, 7) is 5.19. The number of halogens is 1. The molecule has 0 spiro atoms. The van der Waals surface area contributed by atoms with E-state index in [9.17, 15) is 19.1 Å². The van der Waals surface area contributed by atoms with Gasteiger partial charge in [0.15, 0.2) is 0 Å². The van der Waals surface area contributed by atoms with Gasteiger partial charge in [0.1, 0.15) is 11.4 Å². The Kier molecular flexibility index (Phi) is 4.63. The second-order valence-electron chi connectivity index (χ2n) is 6.91. The first kappa shape index (κ1) is 17.2. The van der Waals surface area contributed by atoms with Crippen LogP contribution in [0.3, 0.4) is 0 Å². The van der Waals surface area contributed by atoms with Gasteiger partial charge in [-0.3, -0.25) is 10.1 Å². The third-order valence-corrected chi connectivity index (χ3v) is 4.00. The minimum absolute atomic E-state index is 0.282. The predicted molar refractivity (Wildman–Crippen MR) is 84.0 cm³/mol. The molecule has 0 radical (unpaired) electrons. The van der Waals surface area contributed by atoms with Gasteiger partial charge in [0.05, 0.1) is 5.41 Å². The number of carboxylic acids is 1. The maximum atomic E-state index is 13.7. The van der Waals surface area contributed by atoms with E-state index < -0.39 is 28.9 Å². The Labute approximate surface area is 134 Å². The lowest BCUT2D eigenvalue weighted by atomic mass is 9.78. The summed E-state index contributed by atoms with van der Waals surface area (Å²) >= 11 is 0. The van der Waals surface area contributed by atoms with Crippen LogP contribution in [0.25, 0.3) is 0 Å². The number of aliphatic carboxylic acids is 1. The summed E-state index contributed by atoms with van der Waals surface area (Å²) in [7, 11) is 0. The van der Waals surface area contributed by atoms with Crippen molar-refractivity contribution in [1.29, 1.82) is 0 Å². The monoisotopic (exact) mass is 323 g/mol. The Hall–Kier alpha value is -2.11. The Morgan fingerprint density at radius 2 is 1.87 bits per heavy atom. The number of carboxylic acid groups (broad SMARTS) is 1. The number of hydrogen-bond acceptors (Lipinski definition) is 3. The zero-order valence-corrected chi connectivity index (χ0v) is 13.6. The second kappa shape index (κ2) is 6.18. The van der Waals surface area contributed by atoms with Crippen molar-refractivity contribution in [2.75, 3.05) is 5.32 Å². The van der Waals surface area contributed by atoms with Crippen LogP contribution >= 0.6 is 0 Å². The molecule has 0 bridgehead atoms. The largest absolute Gasteiger partial charge is 0.481 e. The van der Waals surface area contributed by atoms with E-state index in [-0.39, 0.29) is 5.69 Å². The van der Waals surface area contributed by atoms with Gasteiger partial charge in [0.25, 0.3) is 0 Å². The lowest BCUT2D eigenvalue weighted by Crippen LogP contribution is -2.34. The molecule has 1 aliphatic rings. The first-order chi connectivity index (χ1) is 10.6. The van der Waals surface area contributed by atoms with Gasteiger partial charge < -0.3 is 9.84 Å². The first-order valence-electron chi connectivity index (χ1n) is 7.67. The normalized spacial score (nSPS) is 16.9. The van der Waals surface area contributed by atoms with E-state index in [1.807, 2.05) is 0 Å². The highest BCUT2D eigenvalue weighted by Crippen LogP contribution is 2.44. The molecule has 0 atom stereocenters. The fourth-order valence-electron chi connectivity index (χ4n) is 3.01. The Morgan fingerprint density at radius 3 is 2.39 bits per heavy atom. The molecule has 126 valence electrons. The molecule has 6 heteroatoms. The van der Waals surface area contributed by atoms with E-state index in [1.54, 1.807) is 20.8 Å². The lowest BCUT2D eigenvalue weighted by Gasteiger charge is -2.27. The lowest BCUT2D eigenvalue weighted by molar-refractivity contribution is -0.143. The molecule has 1 saturated carbocycles. The van der Waals surface area contributed by atoms with Crippen molar-refractivity contribution in [2.24, 2.45) is 0 Å². The van der Waals surface area contributed by atoms with E-state index >= 15 is 0 Å². The Morgan fingerprint density at radius 1 is 1.26 bits per heavy atom. The van der Waals surface area contributed by atoms with Crippen molar-refractivity contribution in [2.45, 2.75) is 57.5 Å². The minimum Gasteiger partial charge on any atom is -0.481 e. The van der Waals surface area contributed by atoms with Crippen LogP contribution in [0.2, 0.25) is 0 Å². The molecule has 1 fully saturated rings. The van der Waals surface area contributed by atoms with Crippen molar-refractivity contribution < 1.29 is 23.8 Å².